The van der Waals surface area contributed by atoms with Gasteiger partial charge in [-0.1, -0.05) is 0 Å². The van der Waals surface area contributed by atoms with Gasteiger partial charge in [0.1, 0.15) is 0 Å². The molecule has 22 heavy (non-hydrogen) atoms. The van der Waals surface area contributed by atoms with Crippen LogP contribution in [-0.2, 0) is 22.3 Å². The number of hydrogen-bond donors (Lipinski definition) is 1. The fourth-order valence-corrected chi connectivity index (χ4v) is 2.69. The molecule has 0 radical (unpaired) electrons. The Labute approximate surface area is 126 Å². The number of hydrogen-bond acceptors (Lipinski definition) is 3. The summed E-state index contributed by atoms with van der Waals surface area (Å²) in [6.07, 6.45) is -3.25. The molecule has 4 nitrogen and oxygen atoms in total. The molecule has 1 N–H and O–H groups in total. The number of nitrogens with zero attached hydrogens (tertiary/aromatic N) is 1. The molecule has 1 aliphatic rings. The summed E-state index contributed by atoms with van der Waals surface area (Å²) in [7, 11) is 0. The summed E-state index contributed by atoms with van der Waals surface area (Å²) in [6.45, 7) is 1.81. The summed E-state index contributed by atoms with van der Waals surface area (Å²) in [5.74, 6) is -0.263. The number of aliphatic hydroxyl groups is 1. The predicted octanol–water partition coefficient (Wildman–Crippen LogP) is 2.73. The molecule has 0 bridgehead atoms. The van der Waals surface area contributed by atoms with Gasteiger partial charge in [0, 0.05) is 37.4 Å². The molecule has 0 aromatic heterocycles. The van der Waals surface area contributed by atoms with E-state index in [0.717, 1.165) is 12.1 Å². The highest BCUT2D eigenvalue weighted by Crippen LogP contribution is 2.34. The van der Waals surface area contributed by atoms with Crippen LogP contribution in [0.5, 0.6) is 0 Å². The fourth-order valence-electron chi connectivity index (χ4n) is 2.69. The van der Waals surface area contributed by atoms with E-state index >= 15 is 0 Å². The van der Waals surface area contributed by atoms with Gasteiger partial charge in [0.15, 0.2) is 0 Å². The minimum atomic E-state index is -4.48. The largest absolute Gasteiger partial charge is 0.416 e. The first kappa shape index (κ1) is 16.8. The van der Waals surface area contributed by atoms with Gasteiger partial charge in [0.25, 0.3) is 0 Å². The molecule has 1 fully saturated rings. The number of carbonyl (C=O) groups excluding carboxylic acids is 1. The molecule has 1 amide bonds. The molecular formula is C15H18F3NO3. The van der Waals surface area contributed by atoms with Crippen LogP contribution in [0.4, 0.5) is 18.9 Å². The van der Waals surface area contributed by atoms with Crippen LogP contribution in [0.2, 0.25) is 0 Å². The Bertz CT molecular complexity index is 539. The molecule has 0 aliphatic carbocycles. The van der Waals surface area contributed by atoms with Crippen LogP contribution in [0.25, 0.3) is 0 Å². The number of rotatable bonds is 3. The van der Waals surface area contributed by atoms with Gasteiger partial charge in [0.2, 0.25) is 5.91 Å². The first-order valence-corrected chi connectivity index (χ1v) is 7.03. The lowest BCUT2D eigenvalue weighted by Crippen LogP contribution is -2.43. The molecule has 1 aliphatic heterocycles. The zero-order chi connectivity index (χ0) is 16.3. The lowest BCUT2D eigenvalue weighted by atomic mass is 10.0. The zero-order valence-corrected chi connectivity index (χ0v) is 12.2. The third-order valence-electron chi connectivity index (χ3n) is 3.73. The molecule has 7 heteroatoms. The maximum Gasteiger partial charge on any atom is 0.416 e. The van der Waals surface area contributed by atoms with Gasteiger partial charge in [-0.2, -0.15) is 13.2 Å². The van der Waals surface area contributed by atoms with Crippen LogP contribution in [-0.4, -0.2) is 30.3 Å². The van der Waals surface area contributed by atoms with E-state index in [2.05, 4.69) is 0 Å². The topological polar surface area (TPSA) is 49.8 Å². The average Bonchev–Trinajstić information content (AvgIpc) is 2.47. The normalized spacial score (nSPS) is 16.6. The van der Waals surface area contributed by atoms with Crippen molar-refractivity contribution >= 4 is 11.6 Å². The Kier molecular flexibility index (Phi) is 5.08. The second-order valence-electron chi connectivity index (χ2n) is 5.23. The summed E-state index contributed by atoms with van der Waals surface area (Å²) in [5, 5.41) is 9.41. The van der Waals surface area contributed by atoms with Gasteiger partial charge in [0.05, 0.1) is 12.2 Å². The lowest BCUT2D eigenvalue weighted by molar-refractivity contribution is -0.137. The smallest absolute Gasteiger partial charge is 0.392 e. The number of alkyl halides is 3. The summed E-state index contributed by atoms with van der Waals surface area (Å²) in [6, 6.07) is 2.95. The third kappa shape index (κ3) is 3.59. The first-order chi connectivity index (χ1) is 10.3. The average molecular weight is 317 g/mol. The van der Waals surface area contributed by atoms with Crippen molar-refractivity contribution < 1.29 is 27.8 Å². The third-order valence-corrected chi connectivity index (χ3v) is 3.73. The minimum Gasteiger partial charge on any atom is -0.392 e. The molecule has 0 atom stereocenters. The van der Waals surface area contributed by atoms with E-state index in [1.54, 1.807) is 0 Å². The van der Waals surface area contributed by atoms with Crippen LogP contribution in [0.1, 0.15) is 30.9 Å². The Hall–Kier alpha value is -1.60. The maximum absolute atomic E-state index is 12.8. The Morgan fingerprint density at radius 1 is 1.36 bits per heavy atom. The highest BCUT2D eigenvalue weighted by atomic mass is 19.4. The molecule has 0 spiro atoms. The van der Waals surface area contributed by atoms with E-state index in [-0.39, 0.29) is 17.5 Å². The van der Waals surface area contributed by atoms with Crippen LogP contribution in [0.15, 0.2) is 18.2 Å². The van der Waals surface area contributed by atoms with E-state index in [0.29, 0.717) is 31.7 Å². The van der Waals surface area contributed by atoms with E-state index in [9.17, 15) is 23.1 Å². The summed E-state index contributed by atoms with van der Waals surface area (Å²) in [4.78, 5) is 13.4. The van der Waals surface area contributed by atoms with Gasteiger partial charge in [-0.05, 0) is 31.0 Å². The maximum atomic E-state index is 12.8. The van der Waals surface area contributed by atoms with Crippen molar-refractivity contribution in [3.8, 4) is 0 Å². The highest BCUT2D eigenvalue weighted by molar-refractivity contribution is 5.93. The van der Waals surface area contributed by atoms with Crippen molar-refractivity contribution in [2.75, 3.05) is 18.1 Å². The van der Waals surface area contributed by atoms with Gasteiger partial charge >= 0.3 is 6.18 Å². The second-order valence-corrected chi connectivity index (χ2v) is 5.23. The Morgan fingerprint density at radius 3 is 2.50 bits per heavy atom. The monoisotopic (exact) mass is 317 g/mol. The van der Waals surface area contributed by atoms with E-state index in [1.807, 2.05) is 0 Å². The highest BCUT2D eigenvalue weighted by Gasteiger charge is 2.32. The van der Waals surface area contributed by atoms with Gasteiger partial charge < -0.3 is 14.7 Å². The zero-order valence-electron chi connectivity index (χ0n) is 12.2. The molecule has 122 valence electrons. The number of halogens is 3. The van der Waals surface area contributed by atoms with Gasteiger partial charge in [-0.25, -0.2) is 0 Å². The molecule has 0 saturated carbocycles. The van der Waals surface area contributed by atoms with Crippen LogP contribution < -0.4 is 4.90 Å². The Morgan fingerprint density at radius 2 is 2.00 bits per heavy atom. The molecule has 1 heterocycles. The Balaban J connectivity index is 2.40. The van der Waals surface area contributed by atoms with Crippen LogP contribution in [0.3, 0.4) is 0 Å². The van der Waals surface area contributed by atoms with Crippen molar-refractivity contribution in [3.63, 3.8) is 0 Å². The standard InChI is InChI=1S/C15H18F3NO3/c1-10(21)19(13-4-6-22-7-5-13)14-3-2-12(15(16,17)18)8-11(14)9-20/h2-3,8,13,20H,4-7,9H2,1H3. The second kappa shape index (κ2) is 6.66. The molecule has 1 aromatic carbocycles. The van der Waals surface area contributed by atoms with E-state index < -0.39 is 18.3 Å². The molecular weight excluding hydrogens is 299 g/mol. The quantitative estimate of drug-likeness (QED) is 0.932. The van der Waals surface area contributed by atoms with Crippen molar-refractivity contribution in [1.82, 2.24) is 0 Å². The number of anilines is 1. The number of carbonyl (C=O) groups is 1. The molecule has 0 unspecified atom stereocenters. The lowest BCUT2D eigenvalue weighted by Gasteiger charge is -2.35. The molecule has 1 saturated heterocycles. The summed E-state index contributed by atoms with van der Waals surface area (Å²) >= 11 is 0. The fraction of sp³-hybridized carbons (Fsp3) is 0.533. The number of benzene rings is 1. The molecule has 2 rings (SSSR count). The van der Waals surface area contributed by atoms with Crippen LogP contribution in [0, 0.1) is 0 Å². The van der Waals surface area contributed by atoms with Crippen molar-refractivity contribution in [2.45, 2.75) is 38.6 Å². The summed E-state index contributed by atoms with van der Waals surface area (Å²) < 4.78 is 43.6. The van der Waals surface area contributed by atoms with E-state index in [1.165, 1.54) is 17.9 Å². The molecule has 1 aromatic rings. The van der Waals surface area contributed by atoms with Gasteiger partial charge in [-0.3, -0.25) is 4.79 Å². The van der Waals surface area contributed by atoms with Gasteiger partial charge in [-0.15, -0.1) is 0 Å². The number of aliphatic hydroxyl groups excluding tert-OH is 1. The van der Waals surface area contributed by atoms with Crippen molar-refractivity contribution in [1.29, 1.82) is 0 Å². The number of amides is 1. The predicted molar refractivity (Wildman–Crippen MR) is 74.4 cm³/mol. The minimum absolute atomic E-state index is 0.0940. The van der Waals surface area contributed by atoms with Crippen LogP contribution >= 0.6 is 0 Å². The van der Waals surface area contributed by atoms with Crippen molar-refractivity contribution in [2.24, 2.45) is 0 Å². The number of ether oxygens (including phenoxy) is 1. The van der Waals surface area contributed by atoms with E-state index in [4.69, 9.17) is 4.74 Å². The first-order valence-electron chi connectivity index (χ1n) is 7.03. The van der Waals surface area contributed by atoms with Crippen molar-refractivity contribution in [3.05, 3.63) is 29.3 Å². The summed E-state index contributed by atoms with van der Waals surface area (Å²) in [5.41, 5.74) is -0.415. The SMILES string of the molecule is CC(=O)N(c1ccc(C(F)(F)F)cc1CO)C1CCOCC1.